The molecule has 1 atom stereocenters. The van der Waals surface area contributed by atoms with Gasteiger partial charge in [-0.1, -0.05) is 0 Å². The summed E-state index contributed by atoms with van der Waals surface area (Å²) < 4.78 is 1.29. The van der Waals surface area contributed by atoms with Crippen molar-refractivity contribution >= 4 is 5.91 Å². The third-order valence-corrected chi connectivity index (χ3v) is 1.17. The average molecular weight is 141 g/mol. The van der Waals surface area contributed by atoms with E-state index in [1.165, 1.54) is 11.0 Å². The van der Waals surface area contributed by atoms with Gasteiger partial charge in [-0.25, -0.2) is 4.68 Å². The van der Waals surface area contributed by atoms with E-state index >= 15 is 0 Å². The van der Waals surface area contributed by atoms with Crippen molar-refractivity contribution in [3.8, 4) is 0 Å². The first kappa shape index (κ1) is 6.66. The molecule has 0 aromatic carbocycles. The normalized spacial score (nSPS) is 12.9. The lowest BCUT2D eigenvalue weighted by Gasteiger charge is -2.02. The third kappa shape index (κ3) is 1.09. The molecule has 10 heavy (non-hydrogen) atoms. The van der Waals surface area contributed by atoms with Crippen LogP contribution in [0, 0.1) is 0 Å². The second-order valence-corrected chi connectivity index (χ2v) is 1.87. The Bertz CT molecular complexity index is 218. The molecule has 2 N–H and O–H groups in total. The molecule has 6 nitrogen and oxygen atoms in total. The molecule has 1 heterocycles. The fourth-order valence-electron chi connectivity index (χ4n) is 0.476. The summed E-state index contributed by atoms with van der Waals surface area (Å²) in [4.78, 5) is 10.5. The Hall–Kier alpha value is -1.46. The lowest BCUT2D eigenvalue weighted by atomic mass is 10.3. The van der Waals surface area contributed by atoms with Crippen LogP contribution < -0.4 is 5.73 Å². The average Bonchev–Trinajstić information content (AvgIpc) is 2.36. The minimum Gasteiger partial charge on any atom is -0.368 e. The minimum absolute atomic E-state index is 0.452. The van der Waals surface area contributed by atoms with Gasteiger partial charge >= 0.3 is 0 Å². The van der Waals surface area contributed by atoms with Crippen LogP contribution in [0.2, 0.25) is 0 Å². The number of tetrazole rings is 1. The Morgan fingerprint density at radius 2 is 2.50 bits per heavy atom. The van der Waals surface area contributed by atoms with Crippen LogP contribution in [0.25, 0.3) is 0 Å². The van der Waals surface area contributed by atoms with Crippen LogP contribution in [0.5, 0.6) is 0 Å². The summed E-state index contributed by atoms with van der Waals surface area (Å²) in [5.41, 5.74) is 4.97. The van der Waals surface area contributed by atoms with Gasteiger partial charge in [0, 0.05) is 0 Å². The molecule has 1 aromatic rings. The highest BCUT2D eigenvalue weighted by atomic mass is 16.1. The monoisotopic (exact) mass is 141 g/mol. The van der Waals surface area contributed by atoms with Crippen molar-refractivity contribution in [3.05, 3.63) is 6.33 Å². The van der Waals surface area contributed by atoms with Gasteiger partial charge in [0.05, 0.1) is 0 Å². The van der Waals surface area contributed by atoms with Gasteiger partial charge in [0.1, 0.15) is 12.4 Å². The van der Waals surface area contributed by atoms with Crippen LogP contribution in [0.4, 0.5) is 0 Å². The summed E-state index contributed by atoms with van der Waals surface area (Å²) >= 11 is 0. The smallest absolute Gasteiger partial charge is 0.242 e. The highest BCUT2D eigenvalue weighted by molar-refractivity contribution is 5.77. The van der Waals surface area contributed by atoms with E-state index in [0.29, 0.717) is 0 Å². The van der Waals surface area contributed by atoms with Crippen molar-refractivity contribution in [2.75, 3.05) is 0 Å². The van der Waals surface area contributed by atoms with Gasteiger partial charge in [-0.3, -0.25) is 4.79 Å². The molecule has 0 bridgehead atoms. The SMILES string of the molecule is CC(C(N)=O)n1cnnn1. The number of hydrogen-bond acceptors (Lipinski definition) is 4. The summed E-state index contributed by atoms with van der Waals surface area (Å²) in [7, 11) is 0. The highest BCUT2D eigenvalue weighted by Gasteiger charge is 2.10. The first-order valence-corrected chi connectivity index (χ1v) is 2.73. The number of carbonyl (C=O) groups is 1. The zero-order valence-electron chi connectivity index (χ0n) is 5.43. The maximum absolute atomic E-state index is 10.5. The molecule has 0 aliphatic rings. The standard InChI is InChI=1S/C4H7N5O/c1-3(4(5)10)9-2-6-7-8-9/h2-3H,1H3,(H2,5,10). The highest BCUT2D eigenvalue weighted by Crippen LogP contribution is 1.97. The Labute approximate surface area is 57.0 Å². The molecular weight excluding hydrogens is 134 g/mol. The number of rotatable bonds is 2. The molecule has 0 saturated heterocycles. The van der Waals surface area contributed by atoms with E-state index in [4.69, 9.17) is 5.73 Å². The zero-order chi connectivity index (χ0) is 7.56. The summed E-state index contributed by atoms with van der Waals surface area (Å²) in [5, 5.41) is 10.2. The van der Waals surface area contributed by atoms with Gasteiger partial charge in [-0.2, -0.15) is 0 Å². The van der Waals surface area contributed by atoms with E-state index in [2.05, 4.69) is 15.5 Å². The number of nitrogens with two attached hydrogens (primary N) is 1. The predicted octanol–water partition coefficient (Wildman–Crippen LogP) is -1.28. The molecule has 0 spiro atoms. The van der Waals surface area contributed by atoms with Crippen LogP contribution in [-0.2, 0) is 4.79 Å². The molecule has 1 aromatic heterocycles. The molecule has 54 valence electrons. The molecule has 0 aliphatic carbocycles. The van der Waals surface area contributed by atoms with Gasteiger partial charge < -0.3 is 5.73 Å². The van der Waals surface area contributed by atoms with E-state index in [9.17, 15) is 4.79 Å². The van der Waals surface area contributed by atoms with E-state index in [0.717, 1.165) is 0 Å². The Morgan fingerprint density at radius 1 is 1.80 bits per heavy atom. The summed E-state index contributed by atoms with van der Waals surface area (Å²) in [5.74, 6) is -0.452. The Kier molecular flexibility index (Phi) is 1.61. The maximum atomic E-state index is 10.5. The van der Waals surface area contributed by atoms with E-state index in [1.807, 2.05) is 0 Å². The minimum atomic E-state index is -0.477. The number of amides is 1. The van der Waals surface area contributed by atoms with Gasteiger partial charge in [-0.15, -0.1) is 5.10 Å². The first-order chi connectivity index (χ1) is 4.72. The molecule has 0 fully saturated rings. The van der Waals surface area contributed by atoms with Crippen molar-refractivity contribution in [2.24, 2.45) is 5.73 Å². The summed E-state index contributed by atoms with van der Waals surface area (Å²) in [6.07, 6.45) is 1.34. The van der Waals surface area contributed by atoms with Crippen LogP contribution in [-0.4, -0.2) is 26.1 Å². The van der Waals surface area contributed by atoms with Crippen LogP contribution in [0.15, 0.2) is 6.33 Å². The van der Waals surface area contributed by atoms with Crippen LogP contribution in [0.1, 0.15) is 13.0 Å². The fraction of sp³-hybridized carbons (Fsp3) is 0.500. The van der Waals surface area contributed by atoms with Crippen molar-refractivity contribution < 1.29 is 4.79 Å². The molecule has 6 heteroatoms. The van der Waals surface area contributed by atoms with Crippen LogP contribution >= 0.6 is 0 Å². The summed E-state index contributed by atoms with van der Waals surface area (Å²) in [6.45, 7) is 1.62. The number of aromatic nitrogens is 4. The quantitative estimate of drug-likeness (QED) is 0.555. The molecule has 1 rings (SSSR count). The Balaban J connectivity index is 2.77. The van der Waals surface area contributed by atoms with Crippen LogP contribution in [0.3, 0.4) is 0 Å². The summed E-state index contributed by atoms with van der Waals surface area (Å²) in [6, 6.07) is -0.477. The molecule has 0 saturated carbocycles. The number of primary amides is 1. The van der Waals surface area contributed by atoms with E-state index < -0.39 is 11.9 Å². The zero-order valence-corrected chi connectivity index (χ0v) is 5.43. The van der Waals surface area contributed by atoms with E-state index in [1.54, 1.807) is 6.92 Å². The second-order valence-electron chi connectivity index (χ2n) is 1.87. The fourth-order valence-corrected chi connectivity index (χ4v) is 0.476. The predicted molar refractivity (Wildman–Crippen MR) is 31.7 cm³/mol. The number of carbonyl (C=O) groups excluding carboxylic acids is 1. The lowest BCUT2D eigenvalue weighted by Crippen LogP contribution is -2.24. The largest absolute Gasteiger partial charge is 0.368 e. The van der Waals surface area contributed by atoms with Gasteiger partial charge in [-0.05, 0) is 17.4 Å². The van der Waals surface area contributed by atoms with Gasteiger partial charge in [0.2, 0.25) is 5.91 Å². The molecule has 1 amide bonds. The second kappa shape index (κ2) is 2.42. The lowest BCUT2D eigenvalue weighted by molar-refractivity contribution is -0.120. The van der Waals surface area contributed by atoms with Crippen molar-refractivity contribution in [1.29, 1.82) is 0 Å². The van der Waals surface area contributed by atoms with Gasteiger partial charge in [0.15, 0.2) is 0 Å². The van der Waals surface area contributed by atoms with E-state index in [-0.39, 0.29) is 0 Å². The Morgan fingerprint density at radius 3 is 2.90 bits per heavy atom. The molecular formula is C4H7N5O. The molecule has 1 unspecified atom stereocenters. The third-order valence-electron chi connectivity index (χ3n) is 1.17. The van der Waals surface area contributed by atoms with Gasteiger partial charge in [0.25, 0.3) is 0 Å². The topological polar surface area (TPSA) is 86.7 Å². The number of hydrogen-bond donors (Lipinski definition) is 1. The number of nitrogens with zero attached hydrogens (tertiary/aromatic N) is 4. The molecule has 0 radical (unpaired) electrons. The maximum Gasteiger partial charge on any atom is 0.242 e. The van der Waals surface area contributed by atoms with Crippen molar-refractivity contribution in [2.45, 2.75) is 13.0 Å². The first-order valence-electron chi connectivity index (χ1n) is 2.73. The molecule has 0 aliphatic heterocycles. The van der Waals surface area contributed by atoms with Crippen molar-refractivity contribution in [1.82, 2.24) is 20.2 Å². The van der Waals surface area contributed by atoms with Crippen molar-refractivity contribution in [3.63, 3.8) is 0 Å².